The van der Waals surface area contributed by atoms with Crippen LogP contribution < -0.4 is 5.32 Å². The van der Waals surface area contributed by atoms with Crippen LogP contribution in [0.3, 0.4) is 0 Å². The molecule has 0 aliphatic carbocycles. The minimum Gasteiger partial charge on any atom is -0.341 e. The molecule has 6 nitrogen and oxygen atoms in total. The van der Waals surface area contributed by atoms with Crippen molar-refractivity contribution in [3.05, 3.63) is 34.9 Å². The number of nitrogens with one attached hydrogen (secondary N) is 1. The van der Waals surface area contributed by atoms with E-state index in [2.05, 4.69) is 12.2 Å². The Hall–Kier alpha value is -2.08. The zero-order valence-electron chi connectivity index (χ0n) is 14.4. The van der Waals surface area contributed by atoms with Crippen molar-refractivity contribution in [3.8, 4) is 0 Å². The third-order valence-electron chi connectivity index (χ3n) is 5.00. The average Bonchev–Trinajstić information content (AvgIpc) is 2.79. The Kier molecular flexibility index (Phi) is 4.73. The van der Waals surface area contributed by atoms with E-state index in [1.54, 1.807) is 36.1 Å². The summed E-state index contributed by atoms with van der Waals surface area (Å²) in [5.41, 5.74) is -0.547. The Morgan fingerprint density at radius 2 is 2.00 bits per heavy atom. The molecule has 0 radical (unpaired) electrons. The van der Waals surface area contributed by atoms with Gasteiger partial charge in [-0.05, 0) is 43.4 Å². The number of nitrogens with zero attached hydrogens (tertiary/aromatic N) is 2. The van der Waals surface area contributed by atoms with Crippen molar-refractivity contribution >= 4 is 29.4 Å². The third kappa shape index (κ3) is 3.35. The highest BCUT2D eigenvalue weighted by Gasteiger charge is 2.49. The zero-order chi connectivity index (χ0) is 18.2. The van der Waals surface area contributed by atoms with Crippen molar-refractivity contribution in [2.75, 3.05) is 19.6 Å². The fraction of sp³-hybridized carbons (Fsp3) is 0.500. The lowest BCUT2D eigenvalue weighted by atomic mass is 9.92. The van der Waals surface area contributed by atoms with Crippen LogP contribution in [0.5, 0.6) is 0 Å². The summed E-state index contributed by atoms with van der Waals surface area (Å²) in [4.78, 5) is 40.4. The fourth-order valence-corrected chi connectivity index (χ4v) is 3.60. The molecule has 7 heteroatoms. The molecule has 1 aromatic rings. The van der Waals surface area contributed by atoms with E-state index in [9.17, 15) is 14.4 Å². The summed E-state index contributed by atoms with van der Waals surface area (Å²) in [5.74, 6) is -0.159. The number of benzene rings is 1. The Bertz CT molecular complexity index is 706. The first kappa shape index (κ1) is 17.7. The number of carbonyl (C=O) groups is 3. The molecule has 0 bridgehead atoms. The predicted molar refractivity (Wildman–Crippen MR) is 94.0 cm³/mol. The number of likely N-dealkylation sites (tertiary alicyclic amines) is 1. The number of carbonyl (C=O) groups excluding carboxylic acids is 3. The van der Waals surface area contributed by atoms with Gasteiger partial charge in [-0.2, -0.15) is 0 Å². The molecule has 2 unspecified atom stereocenters. The summed E-state index contributed by atoms with van der Waals surface area (Å²) >= 11 is 5.89. The van der Waals surface area contributed by atoms with Gasteiger partial charge in [-0.1, -0.05) is 30.7 Å². The monoisotopic (exact) mass is 363 g/mol. The highest BCUT2D eigenvalue weighted by atomic mass is 35.5. The number of imide groups is 1. The normalized spacial score (nSPS) is 26.8. The molecule has 134 valence electrons. The quantitative estimate of drug-likeness (QED) is 0.838. The van der Waals surface area contributed by atoms with Gasteiger partial charge in [0.05, 0.1) is 0 Å². The van der Waals surface area contributed by atoms with Crippen molar-refractivity contribution in [2.45, 2.75) is 32.2 Å². The lowest BCUT2D eigenvalue weighted by Crippen LogP contribution is -2.47. The van der Waals surface area contributed by atoms with Crippen LogP contribution in [-0.2, 0) is 15.1 Å². The molecule has 0 saturated carbocycles. The van der Waals surface area contributed by atoms with E-state index in [0.29, 0.717) is 29.6 Å². The molecule has 1 N–H and O–H groups in total. The van der Waals surface area contributed by atoms with Crippen LogP contribution in [0.2, 0.25) is 5.02 Å². The maximum Gasteiger partial charge on any atom is 0.325 e. The minimum atomic E-state index is -1.18. The van der Waals surface area contributed by atoms with Gasteiger partial charge in [0.25, 0.3) is 5.91 Å². The molecule has 0 aromatic heterocycles. The number of hydrogen-bond acceptors (Lipinski definition) is 3. The first-order chi connectivity index (χ1) is 11.8. The maximum atomic E-state index is 12.8. The average molecular weight is 364 g/mol. The van der Waals surface area contributed by atoms with Crippen LogP contribution in [0, 0.1) is 5.92 Å². The SMILES string of the molecule is CC1CCCN(C(=O)CN2C(=O)NC(C)(c3ccc(Cl)cc3)C2=O)C1. The second kappa shape index (κ2) is 6.67. The zero-order valence-corrected chi connectivity index (χ0v) is 15.2. The Balaban J connectivity index is 1.75. The number of rotatable bonds is 3. The van der Waals surface area contributed by atoms with E-state index in [1.807, 2.05) is 0 Å². The van der Waals surface area contributed by atoms with Crippen LogP contribution in [0.4, 0.5) is 4.79 Å². The van der Waals surface area contributed by atoms with Gasteiger partial charge in [-0.15, -0.1) is 0 Å². The molecule has 2 atom stereocenters. The molecule has 2 saturated heterocycles. The van der Waals surface area contributed by atoms with Crippen LogP contribution in [0.15, 0.2) is 24.3 Å². The third-order valence-corrected chi connectivity index (χ3v) is 5.25. The molecule has 2 aliphatic heterocycles. The lowest BCUT2D eigenvalue weighted by molar-refractivity contribution is -0.139. The number of urea groups is 1. The molecule has 2 fully saturated rings. The summed E-state index contributed by atoms with van der Waals surface area (Å²) in [6.07, 6.45) is 2.05. The first-order valence-electron chi connectivity index (χ1n) is 8.49. The molecule has 2 heterocycles. The fourth-order valence-electron chi connectivity index (χ4n) is 3.47. The second-order valence-electron chi connectivity index (χ2n) is 7.04. The van der Waals surface area contributed by atoms with Crippen LogP contribution in [-0.4, -0.2) is 47.3 Å². The molecule has 25 heavy (non-hydrogen) atoms. The summed E-state index contributed by atoms with van der Waals surface area (Å²) in [6.45, 7) is 4.88. The first-order valence-corrected chi connectivity index (χ1v) is 8.87. The maximum absolute atomic E-state index is 12.8. The topological polar surface area (TPSA) is 69.7 Å². The van der Waals surface area contributed by atoms with Gasteiger partial charge in [-0.3, -0.25) is 14.5 Å². The molecule has 4 amide bonds. The molecular formula is C18H22ClN3O3. The van der Waals surface area contributed by atoms with Gasteiger partial charge in [0.2, 0.25) is 5.91 Å². The molecule has 0 spiro atoms. The van der Waals surface area contributed by atoms with E-state index >= 15 is 0 Å². The van der Waals surface area contributed by atoms with Crippen molar-refractivity contribution < 1.29 is 14.4 Å². The standard InChI is InChI=1S/C18H22ClN3O3/c1-12-4-3-9-21(10-12)15(23)11-22-16(24)18(2,20-17(22)25)13-5-7-14(19)8-6-13/h5-8,12H,3-4,9-11H2,1-2H3,(H,20,25). The lowest BCUT2D eigenvalue weighted by Gasteiger charge is -2.31. The second-order valence-corrected chi connectivity index (χ2v) is 7.48. The predicted octanol–water partition coefficient (Wildman–Crippen LogP) is 2.37. The van der Waals surface area contributed by atoms with E-state index in [1.165, 1.54) is 0 Å². The van der Waals surface area contributed by atoms with E-state index in [-0.39, 0.29) is 12.5 Å². The summed E-state index contributed by atoms with van der Waals surface area (Å²) in [6, 6.07) is 6.21. The minimum absolute atomic E-state index is 0.185. The van der Waals surface area contributed by atoms with Gasteiger partial charge < -0.3 is 10.2 Å². The van der Waals surface area contributed by atoms with Crippen LogP contribution >= 0.6 is 11.6 Å². The molecule has 3 rings (SSSR count). The summed E-state index contributed by atoms with van der Waals surface area (Å²) < 4.78 is 0. The van der Waals surface area contributed by atoms with Crippen LogP contribution in [0.1, 0.15) is 32.3 Å². The Morgan fingerprint density at radius 3 is 2.64 bits per heavy atom. The Morgan fingerprint density at radius 1 is 1.32 bits per heavy atom. The van der Waals surface area contributed by atoms with E-state index in [4.69, 9.17) is 11.6 Å². The van der Waals surface area contributed by atoms with Crippen molar-refractivity contribution in [3.63, 3.8) is 0 Å². The largest absolute Gasteiger partial charge is 0.341 e. The van der Waals surface area contributed by atoms with Gasteiger partial charge in [0, 0.05) is 18.1 Å². The highest BCUT2D eigenvalue weighted by Crippen LogP contribution is 2.29. The highest BCUT2D eigenvalue weighted by molar-refractivity contribution is 6.30. The van der Waals surface area contributed by atoms with Crippen molar-refractivity contribution in [2.24, 2.45) is 5.92 Å². The summed E-state index contributed by atoms with van der Waals surface area (Å²) in [7, 11) is 0. The van der Waals surface area contributed by atoms with Gasteiger partial charge >= 0.3 is 6.03 Å². The Labute approximate surface area is 152 Å². The van der Waals surface area contributed by atoms with Gasteiger partial charge in [-0.25, -0.2) is 4.79 Å². The molecule has 2 aliphatic rings. The van der Waals surface area contributed by atoms with Gasteiger partial charge in [0.1, 0.15) is 12.1 Å². The number of amides is 4. The smallest absolute Gasteiger partial charge is 0.325 e. The van der Waals surface area contributed by atoms with Crippen molar-refractivity contribution in [1.29, 1.82) is 0 Å². The molecule has 1 aromatic carbocycles. The number of piperidine rings is 1. The molecular weight excluding hydrogens is 342 g/mol. The van der Waals surface area contributed by atoms with Crippen molar-refractivity contribution in [1.82, 2.24) is 15.1 Å². The van der Waals surface area contributed by atoms with Crippen LogP contribution in [0.25, 0.3) is 0 Å². The van der Waals surface area contributed by atoms with Gasteiger partial charge in [0.15, 0.2) is 0 Å². The van der Waals surface area contributed by atoms with E-state index < -0.39 is 17.5 Å². The van der Waals surface area contributed by atoms with E-state index in [0.717, 1.165) is 17.7 Å². The number of hydrogen-bond donors (Lipinski definition) is 1. The summed E-state index contributed by atoms with van der Waals surface area (Å²) in [5, 5.41) is 3.26. The number of halogens is 1.